The van der Waals surface area contributed by atoms with Gasteiger partial charge in [0.25, 0.3) is 5.91 Å². The molecule has 3 aromatic rings. The van der Waals surface area contributed by atoms with Gasteiger partial charge in [0.1, 0.15) is 6.61 Å². The molecule has 1 amide bonds. The first kappa shape index (κ1) is 20.3. The van der Waals surface area contributed by atoms with Gasteiger partial charge in [0.15, 0.2) is 11.5 Å². The number of halogens is 3. The Bertz CT molecular complexity index is 988. The van der Waals surface area contributed by atoms with Crippen molar-refractivity contribution >= 4 is 11.6 Å². The quantitative estimate of drug-likeness (QED) is 0.590. The number of amides is 1. The summed E-state index contributed by atoms with van der Waals surface area (Å²) in [7, 11) is 1.44. The summed E-state index contributed by atoms with van der Waals surface area (Å²) in [6.45, 7) is 0.326. The molecule has 0 heterocycles. The summed E-state index contributed by atoms with van der Waals surface area (Å²) in [6.07, 6.45) is -4.48. The summed E-state index contributed by atoms with van der Waals surface area (Å²) >= 11 is 0. The first-order valence-corrected chi connectivity index (χ1v) is 8.70. The summed E-state index contributed by atoms with van der Waals surface area (Å²) in [6, 6.07) is 18.6. The smallest absolute Gasteiger partial charge is 0.416 e. The van der Waals surface area contributed by atoms with Crippen LogP contribution in [0.2, 0.25) is 0 Å². The summed E-state index contributed by atoms with van der Waals surface area (Å²) in [5.41, 5.74) is 0.415. The Hall–Kier alpha value is -3.48. The lowest BCUT2D eigenvalue weighted by molar-refractivity contribution is -0.137. The Balaban J connectivity index is 1.73. The first-order chi connectivity index (χ1) is 13.9. The summed E-state index contributed by atoms with van der Waals surface area (Å²) in [5.74, 6) is 0.238. The zero-order valence-corrected chi connectivity index (χ0v) is 15.5. The second kappa shape index (κ2) is 8.68. The van der Waals surface area contributed by atoms with Gasteiger partial charge in [0.2, 0.25) is 0 Å². The molecule has 0 aliphatic carbocycles. The molecule has 7 heteroatoms. The minimum atomic E-state index is -4.48. The number of carbonyl (C=O) groups excluding carboxylic acids is 1. The van der Waals surface area contributed by atoms with E-state index < -0.39 is 17.6 Å². The molecule has 0 aromatic heterocycles. The van der Waals surface area contributed by atoms with Gasteiger partial charge in [-0.15, -0.1) is 0 Å². The number of nitrogens with one attached hydrogen (secondary N) is 1. The van der Waals surface area contributed by atoms with Crippen molar-refractivity contribution in [3.63, 3.8) is 0 Å². The van der Waals surface area contributed by atoms with E-state index in [2.05, 4.69) is 5.32 Å². The second-order valence-electron chi connectivity index (χ2n) is 6.17. The van der Waals surface area contributed by atoms with Gasteiger partial charge < -0.3 is 14.8 Å². The predicted molar refractivity (Wildman–Crippen MR) is 103 cm³/mol. The molecule has 1 N–H and O–H groups in total. The summed E-state index contributed by atoms with van der Waals surface area (Å²) < 4.78 is 49.5. The molecule has 0 aliphatic heterocycles. The van der Waals surface area contributed by atoms with E-state index in [0.29, 0.717) is 18.1 Å². The third-order valence-electron chi connectivity index (χ3n) is 4.11. The van der Waals surface area contributed by atoms with E-state index in [4.69, 9.17) is 9.47 Å². The van der Waals surface area contributed by atoms with Crippen LogP contribution < -0.4 is 14.8 Å². The Morgan fingerprint density at radius 1 is 0.931 bits per heavy atom. The molecule has 3 rings (SSSR count). The van der Waals surface area contributed by atoms with Crippen molar-refractivity contribution in [3.05, 3.63) is 89.5 Å². The number of benzene rings is 3. The minimum absolute atomic E-state index is 0.0493. The average Bonchev–Trinajstić information content (AvgIpc) is 2.72. The number of methoxy groups -OCH3 is 1. The van der Waals surface area contributed by atoms with Crippen molar-refractivity contribution in [2.45, 2.75) is 12.8 Å². The molecule has 0 unspecified atom stereocenters. The van der Waals surface area contributed by atoms with Crippen molar-refractivity contribution in [1.82, 2.24) is 0 Å². The molecule has 29 heavy (non-hydrogen) atoms. The van der Waals surface area contributed by atoms with Gasteiger partial charge in [0, 0.05) is 11.3 Å². The molecule has 150 valence electrons. The van der Waals surface area contributed by atoms with Crippen LogP contribution in [-0.4, -0.2) is 13.0 Å². The van der Waals surface area contributed by atoms with Gasteiger partial charge in [-0.05, 0) is 42.0 Å². The Labute approximate surface area is 165 Å². The number of carbonyl (C=O) groups is 1. The summed E-state index contributed by atoms with van der Waals surface area (Å²) in [5, 5.41) is 2.46. The molecule has 0 radical (unpaired) electrons. The van der Waals surface area contributed by atoms with Gasteiger partial charge in [-0.1, -0.05) is 36.4 Å². The molecule has 4 nitrogen and oxygen atoms in total. The van der Waals surface area contributed by atoms with Crippen LogP contribution in [0.5, 0.6) is 11.5 Å². The van der Waals surface area contributed by atoms with E-state index >= 15 is 0 Å². The van der Waals surface area contributed by atoms with E-state index in [1.807, 2.05) is 30.3 Å². The molecule has 0 atom stereocenters. The molecule has 0 spiro atoms. The van der Waals surface area contributed by atoms with Crippen LogP contribution in [0.4, 0.5) is 18.9 Å². The van der Waals surface area contributed by atoms with E-state index in [1.165, 1.54) is 31.4 Å². The van der Waals surface area contributed by atoms with Gasteiger partial charge in [-0.3, -0.25) is 4.79 Å². The number of hydrogen-bond donors (Lipinski definition) is 1. The van der Waals surface area contributed by atoms with Crippen molar-refractivity contribution in [1.29, 1.82) is 0 Å². The number of alkyl halides is 3. The number of hydrogen-bond acceptors (Lipinski definition) is 3. The Morgan fingerprint density at radius 3 is 2.38 bits per heavy atom. The fourth-order valence-corrected chi connectivity index (χ4v) is 2.64. The fourth-order valence-electron chi connectivity index (χ4n) is 2.64. The molecule has 3 aromatic carbocycles. The maximum atomic E-state index is 12.8. The number of rotatable bonds is 6. The largest absolute Gasteiger partial charge is 0.493 e. The lowest BCUT2D eigenvalue weighted by Crippen LogP contribution is -2.13. The normalized spacial score (nSPS) is 11.0. The van der Waals surface area contributed by atoms with Gasteiger partial charge in [-0.2, -0.15) is 13.2 Å². The lowest BCUT2D eigenvalue weighted by atomic mass is 10.1. The molecule has 0 aliphatic rings. The summed E-state index contributed by atoms with van der Waals surface area (Å²) in [4.78, 5) is 12.4. The Morgan fingerprint density at radius 2 is 1.69 bits per heavy atom. The van der Waals surface area contributed by atoms with E-state index in [-0.39, 0.29) is 11.3 Å². The molecule has 0 fully saturated rings. The Kier molecular flexibility index (Phi) is 6.07. The highest BCUT2D eigenvalue weighted by Gasteiger charge is 2.30. The van der Waals surface area contributed by atoms with Gasteiger partial charge in [-0.25, -0.2) is 0 Å². The number of ether oxygens (including phenoxy) is 2. The van der Waals surface area contributed by atoms with Gasteiger partial charge >= 0.3 is 6.18 Å². The van der Waals surface area contributed by atoms with Crippen LogP contribution in [0.25, 0.3) is 0 Å². The molecule has 0 saturated heterocycles. The van der Waals surface area contributed by atoms with Gasteiger partial charge in [0.05, 0.1) is 12.7 Å². The number of anilines is 1. The molecule has 0 bridgehead atoms. The molecular weight excluding hydrogens is 383 g/mol. The first-order valence-electron chi connectivity index (χ1n) is 8.70. The maximum Gasteiger partial charge on any atom is 0.416 e. The van der Waals surface area contributed by atoms with Crippen LogP contribution in [0.15, 0.2) is 72.8 Å². The fraction of sp³-hybridized carbons (Fsp3) is 0.136. The molecular formula is C22H18F3NO3. The lowest BCUT2D eigenvalue weighted by Gasteiger charge is -2.13. The van der Waals surface area contributed by atoms with E-state index in [1.54, 1.807) is 6.07 Å². The van der Waals surface area contributed by atoms with Crippen molar-refractivity contribution in [3.8, 4) is 11.5 Å². The highest BCUT2D eigenvalue weighted by Crippen LogP contribution is 2.32. The highest BCUT2D eigenvalue weighted by atomic mass is 19.4. The molecule has 0 saturated carbocycles. The highest BCUT2D eigenvalue weighted by molar-refractivity contribution is 6.04. The second-order valence-corrected chi connectivity index (χ2v) is 6.17. The topological polar surface area (TPSA) is 47.6 Å². The van der Waals surface area contributed by atoms with E-state index in [9.17, 15) is 18.0 Å². The SMILES string of the molecule is COc1cc(C(=O)Nc2cccc(C(F)(F)F)c2)ccc1OCc1ccccc1. The third kappa shape index (κ3) is 5.28. The standard InChI is InChI=1S/C22H18F3NO3/c1-28-20-12-16(10-11-19(20)29-14-15-6-3-2-4-7-15)21(27)26-18-9-5-8-17(13-18)22(23,24)25/h2-13H,14H2,1H3,(H,26,27). The van der Waals surface area contributed by atoms with E-state index in [0.717, 1.165) is 17.7 Å². The van der Waals surface area contributed by atoms with Crippen molar-refractivity contribution in [2.24, 2.45) is 0 Å². The zero-order valence-electron chi connectivity index (χ0n) is 15.5. The predicted octanol–water partition coefficient (Wildman–Crippen LogP) is 5.55. The van der Waals surface area contributed by atoms with Crippen LogP contribution in [-0.2, 0) is 12.8 Å². The van der Waals surface area contributed by atoms with Crippen LogP contribution in [0.3, 0.4) is 0 Å². The van der Waals surface area contributed by atoms with Crippen LogP contribution in [0.1, 0.15) is 21.5 Å². The van der Waals surface area contributed by atoms with Crippen molar-refractivity contribution in [2.75, 3.05) is 12.4 Å². The maximum absolute atomic E-state index is 12.8. The van der Waals surface area contributed by atoms with Crippen LogP contribution >= 0.6 is 0 Å². The van der Waals surface area contributed by atoms with Crippen LogP contribution in [0, 0.1) is 0 Å². The minimum Gasteiger partial charge on any atom is -0.493 e. The zero-order chi connectivity index (χ0) is 20.9. The average molecular weight is 401 g/mol. The monoisotopic (exact) mass is 401 g/mol. The van der Waals surface area contributed by atoms with Crippen molar-refractivity contribution < 1.29 is 27.4 Å². The third-order valence-corrected chi connectivity index (χ3v) is 4.11.